The quantitative estimate of drug-likeness (QED) is 0.714. The first-order chi connectivity index (χ1) is 9.19. The van der Waals surface area contributed by atoms with Crippen molar-refractivity contribution >= 4 is 17.8 Å². The summed E-state index contributed by atoms with van der Waals surface area (Å²) in [7, 11) is 1.79. The van der Waals surface area contributed by atoms with Gasteiger partial charge in [0.25, 0.3) is 0 Å². The molecule has 108 valence electrons. The van der Waals surface area contributed by atoms with Crippen molar-refractivity contribution in [1.82, 2.24) is 15.0 Å². The van der Waals surface area contributed by atoms with E-state index < -0.39 is 0 Å². The molecule has 0 saturated heterocycles. The topological polar surface area (TPSA) is 77.4 Å². The second kappa shape index (κ2) is 7.73. The Morgan fingerprint density at radius 1 is 0.947 bits per heavy atom. The molecular weight excluding hydrogens is 244 g/mol. The number of anilines is 3. The summed E-state index contributed by atoms with van der Waals surface area (Å²) in [5.41, 5.74) is 0. The summed E-state index contributed by atoms with van der Waals surface area (Å²) in [4.78, 5) is 17.2. The van der Waals surface area contributed by atoms with Gasteiger partial charge in [-0.2, -0.15) is 15.0 Å². The Morgan fingerprint density at radius 2 is 1.47 bits per heavy atom. The summed E-state index contributed by atoms with van der Waals surface area (Å²) in [6.45, 7) is 9.16. The Morgan fingerprint density at radius 3 is 1.89 bits per heavy atom. The minimum Gasteiger partial charge on any atom is -0.395 e. The van der Waals surface area contributed by atoms with E-state index in [1.54, 1.807) is 7.05 Å². The Labute approximate surface area is 114 Å². The smallest absolute Gasteiger partial charge is 0.232 e. The van der Waals surface area contributed by atoms with Crippen molar-refractivity contribution in [3.63, 3.8) is 0 Å². The van der Waals surface area contributed by atoms with E-state index in [1.165, 1.54) is 0 Å². The number of rotatable bonds is 8. The largest absolute Gasteiger partial charge is 0.395 e. The predicted molar refractivity (Wildman–Crippen MR) is 77.9 cm³/mol. The molecule has 0 bridgehead atoms. The maximum absolute atomic E-state index is 9.09. The highest BCUT2D eigenvalue weighted by Crippen LogP contribution is 2.16. The molecule has 0 atom stereocenters. The zero-order valence-electron chi connectivity index (χ0n) is 12.2. The molecule has 1 aromatic heterocycles. The maximum Gasteiger partial charge on any atom is 0.232 e. The Hall–Kier alpha value is -1.63. The lowest BCUT2D eigenvalue weighted by molar-refractivity contribution is 0.301. The van der Waals surface area contributed by atoms with Crippen molar-refractivity contribution in [2.24, 2.45) is 0 Å². The summed E-state index contributed by atoms with van der Waals surface area (Å²) in [5.74, 6) is 1.80. The van der Waals surface area contributed by atoms with Crippen LogP contribution in [-0.4, -0.2) is 59.9 Å². The molecule has 7 nitrogen and oxygen atoms in total. The SMILES string of the molecule is CCN(CC)c1nc(NC)nc(N(CC)CCO)n1. The first-order valence-electron chi connectivity index (χ1n) is 6.74. The van der Waals surface area contributed by atoms with Crippen LogP contribution in [0.4, 0.5) is 17.8 Å². The third-order valence-corrected chi connectivity index (χ3v) is 2.92. The predicted octanol–water partition coefficient (Wildman–Crippen LogP) is 0.578. The fraction of sp³-hybridized carbons (Fsp3) is 0.750. The van der Waals surface area contributed by atoms with Crippen molar-refractivity contribution in [2.45, 2.75) is 20.8 Å². The summed E-state index contributed by atoms with van der Waals surface area (Å²) in [6, 6.07) is 0. The number of hydrogen-bond acceptors (Lipinski definition) is 7. The van der Waals surface area contributed by atoms with E-state index in [-0.39, 0.29) is 6.61 Å². The van der Waals surface area contributed by atoms with E-state index in [1.807, 2.05) is 11.8 Å². The molecule has 1 rings (SSSR count). The monoisotopic (exact) mass is 268 g/mol. The molecule has 19 heavy (non-hydrogen) atoms. The zero-order valence-corrected chi connectivity index (χ0v) is 12.2. The van der Waals surface area contributed by atoms with Gasteiger partial charge in [-0.15, -0.1) is 0 Å². The van der Waals surface area contributed by atoms with Gasteiger partial charge in [-0.3, -0.25) is 0 Å². The van der Waals surface area contributed by atoms with Crippen molar-refractivity contribution in [1.29, 1.82) is 0 Å². The lowest BCUT2D eigenvalue weighted by atomic mass is 10.5. The standard InChI is InChI=1S/C12H24N6O/c1-5-17(6-2)11-14-10(13-4)15-12(16-11)18(7-3)8-9-19/h19H,5-9H2,1-4H3,(H,13,14,15,16). The van der Waals surface area contributed by atoms with Crippen molar-refractivity contribution < 1.29 is 5.11 Å². The van der Waals surface area contributed by atoms with Gasteiger partial charge in [0.2, 0.25) is 17.8 Å². The molecule has 0 amide bonds. The van der Waals surface area contributed by atoms with E-state index in [0.717, 1.165) is 19.6 Å². The molecule has 1 heterocycles. The van der Waals surface area contributed by atoms with Gasteiger partial charge in [0.05, 0.1) is 6.61 Å². The van der Waals surface area contributed by atoms with Crippen molar-refractivity contribution in [3.8, 4) is 0 Å². The molecule has 0 radical (unpaired) electrons. The average molecular weight is 268 g/mol. The van der Waals surface area contributed by atoms with E-state index >= 15 is 0 Å². The van der Waals surface area contributed by atoms with Crippen LogP contribution in [0.15, 0.2) is 0 Å². The number of hydrogen-bond donors (Lipinski definition) is 2. The zero-order chi connectivity index (χ0) is 14.3. The lowest BCUT2D eigenvalue weighted by Crippen LogP contribution is -2.30. The molecule has 0 fully saturated rings. The first kappa shape index (κ1) is 15.4. The number of nitrogens with one attached hydrogen (secondary N) is 1. The summed E-state index contributed by atoms with van der Waals surface area (Å²) in [5, 5.41) is 12.0. The normalized spacial score (nSPS) is 10.4. The van der Waals surface area contributed by atoms with Gasteiger partial charge >= 0.3 is 0 Å². The third-order valence-electron chi connectivity index (χ3n) is 2.92. The molecular formula is C12H24N6O. The molecule has 0 aliphatic heterocycles. The number of aliphatic hydroxyl groups excluding tert-OH is 1. The number of likely N-dealkylation sites (N-methyl/N-ethyl adjacent to an activating group) is 1. The molecule has 7 heteroatoms. The second-order valence-corrected chi connectivity index (χ2v) is 3.98. The maximum atomic E-state index is 9.09. The van der Waals surface area contributed by atoms with Crippen molar-refractivity contribution in [2.75, 3.05) is 55.0 Å². The number of aromatic nitrogens is 3. The Kier molecular flexibility index (Phi) is 6.27. The van der Waals surface area contributed by atoms with Crippen LogP contribution >= 0.6 is 0 Å². The van der Waals surface area contributed by atoms with Crippen LogP contribution in [0.5, 0.6) is 0 Å². The van der Waals surface area contributed by atoms with Crippen LogP contribution in [0.25, 0.3) is 0 Å². The highest BCUT2D eigenvalue weighted by Gasteiger charge is 2.14. The summed E-state index contributed by atoms with van der Waals surface area (Å²) >= 11 is 0. The van der Waals surface area contributed by atoms with Gasteiger partial charge < -0.3 is 20.2 Å². The van der Waals surface area contributed by atoms with Gasteiger partial charge in [0.15, 0.2) is 0 Å². The summed E-state index contributed by atoms with van der Waals surface area (Å²) in [6.07, 6.45) is 0. The average Bonchev–Trinajstić information content (AvgIpc) is 2.45. The first-order valence-corrected chi connectivity index (χ1v) is 6.74. The second-order valence-electron chi connectivity index (χ2n) is 3.98. The minimum absolute atomic E-state index is 0.0784. The van der Waals surface area contributed by atoms with Crippen LogP contribution in [0.3, 0.4) is 0 Å². The molecule has 0 unspecified atom stereocenters. The molecule has 0 aliphatic carbocycles. The van der Waals surface area contributed by atoms with Crippen LogP contribution in [0, 0.1) is 0 Å². The Balaban J connectivity index is 3.13. The fourth-order valence-corrected chi connectivity index (χ4v) is 1.78. The highest BCUT2D eigenvalue weighted by molar-refractivity contribution is 5.44. The molecule has 1 aromatic rings. The fourth-order valence-electron chi connectivity index (χ4n) is 1.78. The van der Waals surface area contributed by atoms with E-state index in [2.05, 4.69) is 39.0 Å². The minimum atomic E-state index is 0.0784. The molecule has 0 spiro atoms. The van der Waals surface area contributed by atoms with Gasteiger partial charge in [-0.25, -0.2) is 0 Å². The van der Waals surface area contributed by atoms with Crippen LogP contribution in [-0.2, 0) is 0 Å². The van der Waals surface area contributed by atoms with E-state index in [9.17, 15) is 0 Å². The van der Waals surface area contributed by atoms with Gasteiger partial charge in [0.1, 0.15) is 0 Å². The van der Waals surface area contributed by atoms with Crippen LogP contribution in [0.1, 0.15) is 20.8 Å². The van der Waals surface area contributed by atoms with Gasteiger partial charge in [-0.1, -0.05) is 0 Å². The van der Waals surface area contributed by atoms with Crippen LogP contribution in [0.2, 0.25) is 0 Å². The lowest BCUT2D eigenvalue weighted by Gasteiger charge is -2.23. The molecule has 0 aliphatic rings. The van der Waals surface area contributed by atoms with E-state index in [0.29, 0.717) is 24.4 Å². The van der Waals surface area contributed by atoms with Gasteiger partial charge in [-0.05, 0) is 20.8 Å². The number of nitrogens with zero attached hydrogens (tertiary/aromatic N) is 5. The van der Waals surface area contributed by atoms with Gasteiger partial charge in [0, 0.05) is 33.2 Å². The molecule has 2 N–H and O–H groups in total. The van der Waals surface area contributed by atoms with Crippen LogP contribution < -0.4 is 15.1 Å². The molecule has 0 saturated carbocycles. The number of aliphatic hydroxyl groups is 1. The highest BCUT2D eigenvalue weighted by atomic mass is 16.3. The Bertz CT molecular complexity index is 382. The summed E-state index contributed by atoms with van der Waals surface area (Å²) < 4.78 is 0. The molecule has 0 aromatic carbocycles. The van der Waals surface area contributed by atoms with Crippen molar-refractivity contribution in [3.05, 3.63) is 0 Å². The third kappa shape index (κ3) is 3.92. The van der Waals surface area contributed by atoms with E-state index in [4.69, 9.17) is 5.11 Å².